The Morgan fingerprint density at radius 3 is 2.52 bits per heavy atom. The summed E-state index contributed by atoms with van der Waals surface area (Å²) in [6, 6.07) is 11.8. The van der Waals surface area contributed by atoms with Crippen LogP contribution in [0.2, 0.25) is 0 Å². The third kappa shape index (κ3) is 2.37. The van der Waals surface area contributed by atoms with E-state index in [9.17, 15) is 18.7 Å². The Morgan fingerprint density at radius 1 is 1.04 bits per heavy atom. The molecule has 0 bridgehead atoms. The van der Waals surface area contributed by atoms with Gasteiger partial charge in [0.2, 0.25) is 0 Å². The highest BCUT2D eigenvalue weighted by atomic mass is 19.1. The van der Waals surface area contributed by atoms with Crippen LogP contribution in [0.15, 0.2) is 54.7 Å². The second kappa shape index (κ2) is 5.55. The average Bonchev–Trinajstić information content (AvgIpc) is 2.96. The van der Waals surface area contributed by atoms with E-state index in [1.54, 1.807) is 22.7 Å². The zero-order valence-corrected chi connectivity index (χ0v) is 12.7. The molecule has 2 aromatic heterocycles. The quantitative estimate of drug-likeness (QED) is 0.585. The molecule has 0 aliphatic carbocycles. The summed E-state index contributed by atoms with van der Waals surface area (Å²) in [5.74, 6) is -3.01. The summed E-state index contributed by atoms with van der Waals surface area (Å²) < 4.78 is 29.2. The molecule has 2 heterocycles. The van der Waals surface area contributed by atoms with Crippen LogP contribution in [-0.2, 0) is 0 Å². The first-order chi connectivity index (χ1) is 12.1. The Balaban J connectivity index is 1.88. The number of nitrogens with zero attached hydrogens (tertiary/aromatic N) is 2. The largest absolute Gasteiger partial charge is 0.507 e. The highest BCUT2D eigenvalue weighted by Crippen LogP contribution is 2.27. The molecule has 4 rings (SSSR count). The number of carbonyl (C=O) groups is 1. The summed E-state index contributed by atoms with van der Waals surface area (Å²) in [5.41, 5.74) is 0.810. The first kappa shape index (κ1) is 15.1. The van der Waals surface area contributed by atoms with E-state index in [0.717, 1.165) is 17.6 Å². The van der Waals surface area contributed by atoms with Gasteiger partial charge in [0.15, 0.2) is 5.65 Å². The Labute approximate surface area is 140 Å². The number of fused-ring (bicyclic) bond motifs is 3. The number of halogens is 2. The average molecular weight is 339 g/mol. The van der Waals surface area contributed by atoms with Crippen LogP contribution in [0.25, 0.3) is 16.7 Å². The predicted molar refractivity (Wildman–Crippen MR) is 88.7 cm³/mol. The van der Waals surface area contributed by atoms with E-state index in [1.165, 1.54) is 12.1 Å². The third-order valence-corrected chi connectivity index (χ3v) is 3.89. The predicted octanol–water partition coefficient (Wildman–Crippen LogP) is 3.72. The van der Waals surface area contributed by atoms with Crippen molar-refractivity contribution in [2.45, 2.75) is 0 Å². The van der Waals surface area contributed by atoms with Crippen LogP contribution in [0.1, 0.15) is 10.4 Å². The number of rotatable bonds is 2. The van der Waals surface area contributed by atoms with Gasteiger partial charge in [-0.1, -0.05) is 18.2 Å². The van der Waals surface area contributed by atoms with Crippen LogP contribution in [0.3, 0.4) is 0 Å². The van der Waals surface area contributed by atoms with E-state index >= 15 is 0 Å². The second-order valence-corrected chi connectivity index (χ2v) is 5.42. The number of imidazole rings is 1. The van der Waals surface area contributed by atoms with Gasteiger partial charge >= 0.3 is 0 Å². The molecule has 124 valence electrons. The monoisotopic (exact) mass is 339 g/mol. The number of anilines is 1. The molecule has 0 spiro atoms. The number of pyridine rings is 1. The number of hydrogen-bond acceptors (Lipinski definition) is 3. The number of aromatic hydroxyl groups is 1. The van der Waals surface area contributed by atoms with Gasteiger partial charge < -0.3 is 10.4 Å². The molecule has 0 fully saturated rings. The van der Waals surface area contributed by atoms with Crippen LogP contribution < -0.4 is 5.32 Å². The van der Waals surface area contributed by atoms with Gasteiger partial charge in [0, 0.05) is 6.20 Å². The van der Waals surface area contributed by atoms with Crippen molar-refractivity contribution in [1.82, 2.24) is 9.38 Å². The van der Waals surface area contributed by atoms with E-state index in [4.69, 9.17) is 0 Å². The fourth-order valence-corrected chi connectivity index (χ4v) is 2.73. The lowest BCUT2D eigenvalue weighted by atomic mass is 10.2. The van der Waals surface area contributed by atoms with Gasteiger partial charge in [0.1, 0.15) is 28.6 Å². The lowest BCUT2D eigenvalue weighted by Crippen LogP contribution is -2.16. The Morgan fingerprint density at radius 2 is 1.76 bits per heavy atom. The lowest BCUT2D eigenvalue weighted by Gasteiger charge is -2.09. The number of hydrogen-bond donors (Lipinski definition) is 2. The molecular formula is C18H11F2N3O2. The van der Waals surface area contributed by atoms with Gasteiger partial charge in [-0.05, 0) is 30.3 Å². The number of aromatic nitrogens is 2. The Hall–Kier alpha value is -3.48. The van der Waals surface area contributed by atoms with Gasteiger partial charge in [-0.15, -0.1) is 0 Å². The molecule has 0 atom stereocenters. The van der Waals surface area contributed by atoms with Gasteiger partial charge in [0.05, 0.1) is 11.0 Å². The number of amides is 1. The minimum atomic E-state index is -0.909. The van der Waals surface area contributed by atoms with E-state index in [1.807, 2.05) is 12.1 Å². The summed E-state index contributed by atoms with van der Waals surface area (Å²) in [6.45, 7) is 0. The molecular weight excluding hydrogens is 328 g/mol. The number of para-hydroxylation sites is 3. The Kier molecular flexibility index (Phi) is 3.35. The maximum absolute atomic E-state index is 13.8. The molecule has 2 aromatic carbocycles. The SMILES string of the molecule is O=C(Nc1c(F)cccc1F)c1c(O)ccn2c1nc1ccccc12. The van der Waals surface area contributed by atoms with Crippen molar-refractivity contribution < 1.29 is 18.7 Å². The van der Waals surface area contributed by atoms with Crippen molar-refractivity contribution in [2.75, 3.05) is 5.32 Å². The maximum Gasteiger partial charge on any atom is 0.263 e. The van der Waals surface area contributed by atoms with Crippen LogP contribution >= 0.6 is 0 Å². The van der Waals surface area contributed by atoms with Crippen molar-refractivity contribution in [3.63, 3.8) is 0 Å². The summed E-state index contributed by atoms with van der Waals surface area (Å²) in [7, 11) is 0. The van der Waals surface area contributed by atoms with Gasteiger partial charge in [0.25, 0.3) is 5.91 Å². The highest BCUT2D eigenvalue weighted by Gasteiger charge is 2.21. The summed E-state index contributed by atoms with van der Waals surface area (Å²) in [6.07, 6.45) is 1.57. The number of nitrogens with one attached hydrogen (secondary N) is 1. The molecule has 2 N–H and O–H groups in total. The fraction of sp³-hybridized carbons (Fsp3) is 0. The molecule has 0 aliphatic rings. The summed E-state index contributed by atoms with van der Waals surface area (Å²) >= 11 is 0. The Bertz CT molecular complexity index is 1120. The normalized spacial score (nSPS) is 11.1. The van der Waals surface area contributed by atoms with Gasteiger partial charge in [-0.3, -0.25) is 9.20 Å². The van der Waals surface area contributed by atoms with Gasteiger partial charge in [-0.25, -0.2) is 13.8 Å². The van der Waals surface area contributed by atoms with Crippen LogP contribution in [0, 0.1) is 11.6 Å². The standard InChI is InChI=1S/C18H11F2N3O2/c19-10-4-3-5-11(20)16(10)22-18(25)15-14(24)8-9-23-13-7-2-1-6-12(13)21-17(15)23/h1-9,24H,(H,22,25). The van der Waals surface area contributed by atoms with Crippen molar-refractivity contribution in [3.8, 4) is 5.75 Å². The van der Waals surface area contributed by atoms with Crippen molar-refractivity contribution in [2.24, 2.45) is 0 Å². The molecule has 7 heteroatoms. The fourth-order valence-electron chi connectivity index (χ4n) is 2.73. The van der Waals surface area contributed by atoms with Crippen LogP contribution in [-0.4, -0.2) is 20.4 Å². The minimum Gasteiger partial charge on any atom is -0.507 e. The molecule has 0 saturated heterocycles. The zero-order valence-electron chi connectivity index (χ0n) is 12.7. The summed E-state index contributed by atoms with van der Waals surface area (Å²) in [4.78, 5) is 16.9. The minimum absolute atomic E-state index is 0.165. The molecule has 5 nitrogen and oxygen atoms in total. The van der Waals surface area contributed by atoms with Crippen LogP contribution in [0.5, 0.6) is 5.75 Å². The first-order valence-corrected chi connectivity index (χ1v) is 7.40. The highest BCUT2D eigenvalue weighted by molar-refractivity contribution is 6.11. The molecule has 0 aliphatic heterocycles. The van der Waals surface area contributed by atoms with Crippen LogP contribution in [0.4, 0.5) is 14.5 Å². The first-order valence-electron chi connectivity index (χ1n) is 7.40. The topological polar surface area (TPSA) is 66.6 Å². The second-order valence-electron chi connectivity index (χ2n) is 5.42. The molecule has 0 saturated carbocycles. The lowest BCUT2D eigenvalue weighted by molar-refractivity contribution is 0.102. The molecule has 0 radical (unpaired) electrons. The van der Waals surface area contributed by atoms with E-state index in [0.29, 0.717) is 5.52 Å². The number of carbonyl (C=O) groups excluding carboxylic acids is 1. The molecule has 0 unspecified atom stereocenters. The van der Waals surface area contributed by atoms with E-state index in [-0.39, 0.29) is 17.0 Å². The molecule has 25 heavy (non-hydrogen) atoms. The van der Waals surface area contributed by atoms with Gasteiger partial charge in [-0.2, -0.15) is 0 Å². The molecule has 4 aromatic rings. The van der Waals surface area contributed by atoms with Crippen molar-refractivity contribution in [1.29, 1.82) is 0 Å². The summed E-state index contributed by atoms with van der Waals surface area (Å²) in [5, 5.41) is 12.3. The van der Waals surface area contributed by atoms with E-state index < -0.39 is 23.2 Å². The molecule has 1 amide bonds. The van der Waals surface area contributed by atoms with Crippen molar-refractivity contribution >= 4 is 28.3 Å². The van der Waals surface area contributed by atoms with Crippen molar-refractivity contribution in [3.05, 3.63) is 71.9 Å². The van der Waals surface area contributed by atoms with E-state index in [2.05, 4.69) is 10.3 Å². The zero-order chi connectivity index (χ0) is 17.6. The maximum atomic E-state index is 13.8. The smallest absolute Gasteiger partial charge is 0.263 e. The third-order valence-electron chi connectivity index (χ3n) is 3.89. The number of benzene rings is 2.